The number of nitrogens with one attached hydrogen (secondary N) is 1. The number of hydrogen-bond donors (Lipinski definition) is 2. The van der Waals surface area contributed by atoms with Gasteiger partial charge in [0.15, 0.2) is 0 Å². The molecule has 1 heterocycles. The molecule has 3 fully saturated rings. The van der Waals surface area contributed by atoms with Crippen LogP contribution in [0.15, 0.2) is 0 Å². The lowest BCUT2D eigenvalue weighted by atomic mass is 9.94. The van der Waals surface area contributed by atoms with Crippen LogP contribution in [0.3, 0.4) is 0 Å². The fourth-order valence-electron chi connectivity index (χ4n) is 4.29. The predicted molar refractivity (Wildman–Crippen MR) is 83.4 cm³/mol. The highest BCUT2D eigenvalue weighted by Crippen LogP contribution is 2.36. The predicted octanol–water partition coefficient (Wildman–Crippen LogP) is 2.63. The Kier molecular flexibility index (Phi) is 4.55. The first-order valence-electron chi connectivity index (χ1n) is 8.84. The molecule has 2 N–H and O–H groups in total. The van der Waals surface area contributed by atoms with Crippen LogP contribution in [0.1, 0.15) is 64.7 Å². The van der Waals surface area contributed by atoms with Crippen LogP contribution in [0.5, 0.6) is 0 Å². The van der Waals surface area contributed by atoms with E-state index >= 15 is 0 Å². The summed E-state index contributed by atoms with van der Waals surface area (Å²) in [5.41, 5.74) is -0.746. The molecule has 4 heteroatoms. The van der Waals surface area contributed by atoms with Gasteiger partial charge < -0.3 is 10.0 Å². The van der Waals surface area contributed by atoms with E-state index in [1.807, 2.05) is 6.92 Å². The Morgan fingerprint density at radius 2 is 1.90 bits per heavy atom. The van der Waals surface area contributed by atoms with Gasteiger partial charge in [0.1, 0.15) is 5.54 Å². The first-order chi connectivity index (χ1) is 10.1. The highest BCUT2D eigenvalue weighted by Gasteiger charge is 2.40. The van der Waals surface area contributed by atoms with Crippen molar-refractivity contribution in [3.8, 4) is 0 Å². The summed E-state index contributed by atoms with van der Waals surface area (Å²) in [7, 11) is 0. The number of rotatable bonds is 7. The zero-order chi connectivity index (χ0) is 14.9. The Balaban J connectivity index is 1.55. The second-order valence-corrected chi connectivity index (χ2v) is 7.60. The molecule has 0 amide bonds. The SMILES string of the molecule is CC(CCN1CCCC1C1CCCC1)(NC1CC1)C(=O)O. The summed E-state index contributed by atoms with van der Waals surface area (Å²) in [4.78, 5) is 14.2. The van der Waals surface area contributed by atoms with Gasteiger partial charge in [0.25, 0.3) is 0 Å². The maximum Gasteiger partial charge on any atom is 0.323 e. The van der Waals surface area contributed by atoms with Crippen LogP contribution in [-0.2, 0) is 4.79 Å². The van der Waals surface area contributed by atoms with Crippen molar-refractivity contribution in [3.05, 3.63) is 0 Å². The van der Waals surface area contributed by atoms with E-state index in [4.69, 9.17) is 0 Å². The van der Waals surface area contributed by atoms with Gasteiger partial charge in [-0.1, -0.05) is 12.8 Å². The normalized spacial score (nSPS) is 30.6. The Labute approximate surface area is 128 Å². The van der Waals surface area contributed by atoms with Gasteiger partial charge in [-0.2, -0.15) is 0 Å². The Morgan fingerprint density at radius 3 is 2.52 bits per heavy atom. The Morgan fingerprint density at radius 1 is 1.19 bits per heavy atom. The molecule has 0 bridgehead atoms. The van der Waals surface area contributed by atoms with Gasteiger partial charge in [-0.15, -0.1) is 0 Å². The minimum absolute atomic E-state index is 0.440. The van der Waals surface area contributed by atoms with E-state index in [1.54, 1.807) is 0 Å². The first kappa shape index (κ1) is 15.3. The molecule has 1 saturated heterocycles. The average Bonchev–Trinajstić information content (AvgIpc) is 2.96. The summed E-state index contributed by atoms with van der Waals surface area (Å²) < 4.78 is 0. The third-order valence-corrected chi connectivity index (χ3v) is 5.83. The molecule has 21 heavy (non-hydrogen) atoms. The molecule has 0 radical (unpaired) electrons. The zero-order valence-electron chi connectivity index (χ0n) is 13.3. The number of carbonyl (C=O) groups is 1. The molecule has 4 nitrogen and oxygen atoms in total. The van der Waals surface area contributed by atoms with E-state index in [1.165, 1.54) is 45.1 Å². The van der Waals surface area contributed by atoms with Gasteiger partial charge in [0.2, 0.25) is 0 Å². The fourth-order valence-corrected chi connectivity index (χ4v) is 4.29. The van der Waals surface area contributed by atoms with Crippen molar-refractivity contribution in [2.45, 2.75) is 82.3 Å². The van der Waals surface area contributed by atoms with Crippen LogP contribution < -0.4 is 5.32 Å². The van der Waals surface area contributed by atoms with Crippen molar-refractivity contribution in [3.63, 3.8) is 0 Å². The van der Waals surface area contributed by atoms with E-state index in [2.05, 4.69) is 10.2 Å². The first-order valence-corrected chi connectivity index (χ1v) is 8.84. The second kappa shape index (κ2) is 6.25. The minimum Gasteiger partial charge on any atom is -0.480 e. The molecule has 2 aliphatic carbocycles. The lowest BCUT2D eigenvalue weighted by Gasteiger charge is -2.33. The van der Waals surface area contributed by atoms with Crippen LogP contribution in [0.2, 0.25) is 0 Å². The smallest absolute Gasteiger partial charge is 0.323 e. The minimum atomic E-state index is -0.746. The van der Waals surface area contributed by atoms with E-state index in [-0.39, 0.29) is 0 Å². The zero-order valence-corrected chi connectivity index (χ0v) is 13.3. The topological polar surface area (TPSA) is 52.6 Å². The van der Waals surface area contributed by atoms with Crippen LogP contribution in [0.25, 0.3) is 0 Å². The summed E-state index contributed by atoms with van der Waals surface area (Å²) in [6, 6.07) is 1.17. The van der Waals surface area contributed by atoms with Crippen molar-refractivity contribution in [2.24, 2.45) is 5.92 Å². The average molecular weight is 294 g/mol. The highest BCUT2D eigenvalue weighted by atomic mass is 16.4. The summed E-state index contributed by atoms with van der Waals surface area (Å²) in [6.07, 6.45) is 11.2. The van der Waals surface area contributed by atoms with Crippen molar-refractivity contribution < 1.29 is 9.90 Å². The maximum atomic E-state index is 11.6. The summed E-state index contributed by atoms with van der Waals surface area (Å²) in [5, 5.41) is 12.9. The largest absolute Gasteiger partial charge is 0.480 e. The monoisotopic (exact) mass is 294 g/mol. The van der Waals surface area contributed by atoms with Crippen molar-refractivity contribution in [2.75, 3.05) is 13.1 Å². The highest BCUT2D eigenvalue weighted by molar-refractivity contribution is 5.78. The van der Waals surface area contributed by atoms with Crippen molar-refractivity contribution >= 4 is 5.97 Å². The van der Waals surface area contributed by atoms with Gasteiger partial charge in [0.05, 0.1) is 0 Å². The molecule has 0 aromatic heterocycles. The lowest BCUT2D eigenvalue weighted by molar-refractivity contribution is -0.144. The van der Waals surface area contributed by atoms with Gasteiger partial charge in [-0.3, -0.25) is 10.1 Å². The van der Waals surface area contributed by atoms with E-state index in [9.17, 15) is 9.90 Å². The van der Waals surface area contributed by atoms with Crippen LogP contribution in [0.4, 0.5) is 0 Å². The third kappa shape index (κ3) is 3.59. The molecule has 1 aliphatic heterocycles. The summed E-state index contributed by atoms with van der Waals surface area (Å²) in [6.45, 7) is 3.97. The van der Waals surface area contributed by atoms with E-state index in [0.717, 1.165) is 37.8 Å². The third-order valence-electron chi connectivity index (χ3n) is 5.83. The van der Waals surface area contributed by atoms with Crippen molar-refractivity contribution in [1.29, 1.82) is 0 Å². The quantitative estimate of drug-likeness (QED) is 0.758. The molecule has 2 unspecified atom stereocenters. The summed E-state index contributed by atoms with van der Waals surface area (Å²) >= 11 is 0. The molecule has 3 aliphatic rings. The molecular formula is C17H30N2O2. The molecule has 0 aromatic rings. The molecule has 120 valence electrons. The number of hydrogen-bond acceptors (Lipinski definition) is 3. The number of carboxylic acid groups (broad SMARTS) is 1. The number of likely N-dealkylation sites (tertiary alicyclic amines) is 1. The lowest BCUT2D eigenvalue weighted by Crippen LogP contribution is -2.52. The number of carboxylic acids is 1. The number of aliphatic carboxylic acids is 1. The Bertz CT molecular complexity index is 377. The van der Waals surface area contributed by atoms with Crippen LogP contribution >= 0.6 is 0 Å². The van der Waals surface area contributed by atoms with Gasteiger partial charge in [-0.05, 0) is 64.3 Å². The molecule has 2 atom stereocenters. The maximum absolute atomic E-state index is 11.6. The molecule has 3 rings (SSSR count). The molecule has 2 saturated carbocycles. The fraction of sp³-hybridized carbons (Fsp3) is 0.941. The van der Waals surface area contributed by atoms with E-state index < -0.39 is 11.5 Å². The van der Waals surface area contributed by atoms with Crippen LogP contribution in [-0.4, -0.2) is 46.7 Å². The molecular weight excluding hydrogens is 264 g/mol. The van der Waals surface area contributed by atoms with Crippen LogP contribution in [0, 0.1) is 5.92 Å². The van der Waals surface area contributed by atoms with Gasteiger partial charge >= 0.3 is 5.97 Å². The van der Waals surface area contributed by atoms with Gasteiger partial charge in [-0.25, -0.2) is 0 Å². The summed E-state index contributed by atoms with van der Waals surface area (Å²) in [5.74, 6) is 0.186. The van der Waals surface area contributed by atoms with Crippen molar-refractivity contribution in [1.82, 2.24) is 10.2 Å². The van der Waals surface area contributed by atoms with E-state index in [0.29, 0.717) is 6.04 Å². The van der Waals surface area contributed by atoms with Gasteiger partial charge in [0, 0.05) is 18.6 Å². The molecule has 0 aromatic carbocycles. The molecule has 0 spiro atoms. The Hall–Kier alpha value is -0.610. The second-order valence-electron chi connectivity index (χ2n) is 7.60. The number of nitrogens with zero attached hydrogens (tertiary/aromatic N) is 1. The standard InChI is InChI=1S/C17H30N2O2/c1-17(16(20)21,18-14-8-9-14)10-12-19-11-4-7-15(19)13-5-2-3-6-13/h13-15,18H,2-12H2,1H3,(H,20,21).